The highest BCUT2D eigenvalue weighted by atomic mass is 32.2. The number of aryl methyl sites for hydroxylation is 1. The molecular weight excluding hydrogens is 238 g/mol. The summed E-state index contributed by atoms with van der Waals surface area (Å²) in [5.41, 5.74) is 2.20. The van der Waals surface area contributed by atoms with E-state index in [1.807, 2.05) is 24.3 Å². The van der Waals surface area contributed by atoms with Crippen molar-refractivity contribution in [3.8, 4) is 0 Å². The predicted octanol–water partition coefficient (Wildman–Crippen LogP) is 2.75. The summed E-state index contributed by atoms with van der Waals surface area (Å²) < 4.78 is 23.7. The van der Waals surface area contributed by atoms with Crippen LogP contribution in [0.1, 0.15) is 24.0 Å². The first kappa shape index (κ1) is 13.6. The van der Waals surface area contributed by atoms with Crippen LogP contribution in [0.15, 0.2) is 35.4 Å². The first-order valence-corrected chi connectivity index (χ1v) is 6.97. The number of rotatable bonds is 7. The molecular formula is C12H15NO3S. The Morgan fingerprint density at radius 3 is 2.35 bits per heavy atom. The van der Waals surface area contributed by atoms with Crippen LogP contribution in [0.25, 0.3) is 6.08 Å². The highest BCUT2D eigenvalue weighted by Gasteiger charge is 2.08. The molecule has 0 spiro atoms. The summed E-state index contributed by atoms with van der Waals surface area (Å²) in [6, 6.07) is 7.91. The van der Waals surface area contributed by atoms with Crippen molar-refractivity contribution in [2.75, 3.05) is 5.75 Å². The Morgan fingerprint density at radius 1 is 1.18 bits per heavy atom. The quantitative estimate of drug-likeness (QED) is 0.554. The van der Waals surface area contributed by atoms with Crippen LogP contribution in [0, 0.1) is 4.91 Å². The van der Waals surface area contributed by atoms with E-state index in [1.165, 1.54) is 0 Å². The molecule has 0 aromatic heterocycles. The molecule has 0 bridgehead atoms. The van der Waals surface area contributed by atoms with Crippen LogP contribution in [0.5, 0.6) is 0 Å². The smallest absolute Gasteiger partial charge is 0.202 e. The van der Waals surface area contributed by atoms with Gasteiger partial charge in [0.25, 0.3) is 10.0 Å². The van der Waals surface area contributed by atoms with Gasteiger partial charge < -0.3 is 0 Å². The standard InChI is InChI=1S/C12H15NO3S/c1-2-11-6-8-12(9-7-11)5-3-4-10-17(15,16)13-14/h2,6-9H,1,3-5,10H2. The lowest BCUT2D eigenvalue weighted by Crippen LogP contribution is -2.01. The summed E-state index contributed by atoms with van der Waals surface area (Å²) in [7, 11) is -3.73. The molecule has 17 heavy (non-hydrogen) atoms. The van der Waals surface area contributed by atoms with Gasteiger partial charge in [-0.05, 0) is 30.4 Å². The zero-order valence-corrected chi connectivity index (χ0v) is 10.3. The minimum Gasteiger partial charge on any atom is -0.202 e. The van der Waals surface area contributed by atoms with Crippen molar-refractivity contribution in [1.29, 1.82) is 0 Å². The Morgan fingerprint density at radius 2 is 1.82 bits per heavy atom. The fraction of sp³-hybridized carbons (Fsp3) is 0.333. The number of hydrogen-bond acceptors (Lipinski definition) is 3. The summed E-state index contributed by atoms with van der Waals surface area (Å²) in [6.07, 6.45) is 3.75. The summed E-state index contributed by atoms with van der Waals surface area (Å²) in [5.74, 6) is -0.165. The summed E-state index contributed by atoms with van der Waals surface area (Å²) in [4.78, 5) is 9.91. The van der Waals surface area contributed by atoms with Crippen LogP contribution >= 0.6 is 0 Å². The first-order valence-electron chi connectivity index (χ1n) is 5.36. The van der Waals surface area contributed by atoms with Crippen LogP contribution in [-0.2, 0) is 16.4 Å². The maximum atomic E-state index is 10.8. The van der Waals surface area contributed by atoms with Crippen LogP contribution in [-0.4, -0.2) is 14.2 Å². The fourth-order valence-electron chi connectivity index (χ4n) is 1.47. The van der Waals surface area contributed by atoms with E-state index in [-0.39, 0.29) is 5.75 Å². The lowest BCUT2D eigenvalue weighted by Gasteiger charge is -2.01. The van der Waals surface area contributed by atoms with E-state index in [4.69, 9.17) is 0 Å². The molecule has 1 rings (SSSR count). The molecule has 0 amide bonds. The molecule has 0 fully saturated rings. The van der Waals surface area contributed by atoms with Gasteiger partial charge in [0.15, 0.2) is 0 Å². The molecule has 5 heteroatoms. The molecule has 1 aromatic carbocycles. The molecule has 92 valence electrons. The number of nitrogens with zero attached hydrogens (tertiary/aromatic N) is 1. The monoisotopic (exact) mass is 253 g/mol. The van der Waals surface area contributed by atoms with Gasteiger partial charge in [0.1, 0.15) is 0 Å². The lowest BCUT2D eigenvalue weighted by molar-refractivity contribution is 0.593. The molecule has 0 aliphatic carbocycles. The van der Waals surface area contributed by atoms with Crippen molar-refractivity contribution in [3.05, 3.63) is 46.9 Å². The number of unbranched alkanes of at least 4 members (excludes halogenated alkanes) is 1. The van der Waals surface area contributed by atoms with E-state index in [1.54, 1.807) is 6.08 Å². The topological polar surface area (TPSA) is 63.6 Å². The second-order valence-corrected chi connectivity index (χ2v) is 5.48. The van der Waals surface area contributed by atoms with Gasteiger partial charge in [0.05, 0.1) is 10.3 Å². The molecule has 0 saturated heterocycles. The molecule has 0 saturated carbocycles. The second kappa shape index (κ2) is 6.30. The SMILES string of the molecule is C=Cc1ccc(CCCCS(=O)(=O)N=O)cc1. The average Bonchev–Trinajstić information content (AvgIpc) is 2.35. The number of hydrogen-bond donors (Lipinski definition) is 0. The maximum Gasteiger partial charge on any atom is 0.288 e. The van der Waals surface area contributed by atoms with Gasteiger partial charge in [0, 0.05) is 0 Å². The number of nitroso groups, excluding NO2 is 1. The zero-order valence-electron chi connectivity index (χ0n) is 9.50. The molecule has 0 radical (unpaired) electrons. The van der Waals surface area contributed by atoms with Crippen molar-refractivity contribution < 1.29 is 8.42 Å². The summed E-state index contributed by atoms with van der Waals surface area (Å²) >= 11 is 0. The number of benzene rings is 1. The van der Waals surface area contributed by atoms with Gasteiger partial charge in [-0.1, -0.05) is 36.9 Å². The van der Waals surface area contributed by atoms with E-state index < -0.39 is 10.0 Å². The third-order valence-electron chi connectivity index (χ3n) is 2.45. The predicted molar refractivity (Wildman–Crippen MR) is 69.1 cm³/mol. The van der Waals surface area contributed by atoms with E-state index >= 15 is 0 Å². The van der Waals surface area contributed by atoms with Crippen molar-refractivity contribution in [1.82, 2.24) is 0 Å². The first-order chi connectivity index (χ1) is 8.07. The molecule has 0 aliphatic rings. The molecule has 0 aliphatic heterocycles. The van der Waals surface area contributed by atoms with Gasteiger partial charge in [0.2, 0.25) is 0 Å². The average molecular weight is 253 g/mol. The minimum absolute atomic E-state index is 0.165. The molecule has 0 N–H and O–H groups in total. The highest BCUT2D eigenvalue weighted by molar-refractivity contribution is 7.89. The Labute approximate surface area is 101 Å². The molecule has 1 aromatic rings. The maximum absolute atomic E-state index is 10.8. The van der Waals surface area contributed by atoms with Gasteiger partial charge in [-0.2, -0.15) is 0 Å². The second-order valence-electron chi connectivity index (χ2n) is 3.76. The van der Waals surface area contributed by atoms with Gasteiger partial charge in [-0.3, -0.25) is 0 Å². The van der Waals surface area contributed by atoms with Crippen LogP contribution < -0.4 is 0 Å². The van der Waals surface area contributed by atoms with Crippen LogP contribution in [0.2, 0.25) is 0 Å². The van der Waals surface area contributed by atoms with Crippen molar-refractivity contribution >= 4 is 16.1 Å². The molecule has 0 unspecified atom stereocenters. The lowest BCUT2D eigenvalue weighted by atomic mass is 10.1. The van der Waals surface area contributed by atoms with E-state index in [0.717, 1.165) is 24.0 Å². The normalized spacial score (nSPS) is 11.1. The Bertz CT molecular complexity index is 477. The third kappa shape index (κ3) is 4.91. The number of sulfonamides is 1. The zero-order chi connectivity index (χ0) is 12.7. The summed E-state index contributed by atoms with van der Waals surface area (Å²) in [6.45, 7) is 3.67. The minimum atomic E-state index is -3.73. The van der Waals surface area contributed by atoms with Crippen LogP contribution in [0.3, 0.4) is 0 Å². The Kier molecular flexibility index (Phi) is 5.03. The molecule has 0 heterocycles. The van der Waals surface area contributed by atoms with Gasteiger partial charge >= 0.3 is 0 Å². The van der Waals surface area contributed by atoms with Crippen molar-refractivity contribution in [2.24, 2.45) is 4.58 Å². The Hall–Kier alpha value is -1.49. The highest BCUT2D eigenvalue weighted by Crippen LogP contribution is 2.09. The van der Waals surface area contributed by atoms with E-state index in [9.17, 15) is 13.3 Å². The third-order valence-corrected chi connectivity index (χ3v) is 3.48. The van der Waals surface area contributed by atoms with E-state index in [0.29, 0.717) is 6.42 Å². The van der Waals surface area contributed by atoms with E-state index in [2.05, 4.69) is 11.2 Å². The van der Waals surface area contributed by atoms with Crippen molar-refractivity contribution in [3.63, 3.8) is 0 Å². The molecule has 0 atom stereocenters. The van der Waals surface area contributed by atoms with Gasteiger partial charge in [-0.25, -0.2) is 8.42 Å². The largest absolute Gasteiger partial charge is 0.288 e. The Balaban J connectivity index is 2.36. The fourth-order valence-corrected chi connectivity index (χ4v) is 2.11. The van der Waals surface area contributed by atoms with Crippen LogP contribution in [0.4, 0.5) is 0 Å². The van der Waals surface area contributed by atoms with Gasteiger partial charge in [-0.15, -0.1) is 4.91 Å². The van der Waals surface area contributed by atoms with Crippen molar-refractivity contribution in [2.45, 2.75) is 19.3 Å². The molecule has 4 nitrogen and oxygen atoms in total. The summed E-state index contributed by atoms with van der Waals surface area (Å²) in [5, 5.41) is 0.